The van der Waals surface area contributed by atoms with Crippen molar-refractivity contribution < 1.29 is 9.72 Å². The Morgan fingerprint density at radius 2 is 2.06 bits per heavy atom. The van der Waals surface area contributed by atoms with Gasteiger partial charge in [-0.05, 0) is 12.1 Å². The molecule has 0 saturated carbocycles. The number of non-ortho nitro benzene ring substituents is 1. The molecule has 8 nitrogen and oxygen atoms in total. The number of hydrogen-bond acceptors (Lipinski definition) is 5. The van der Waals surface area contributed by atoms with Crippen LogP contribution in [0.1, 0.15) is 6.92 Å². The Morgan fingerprint density at radius 3 is 2.61 bits per heavy atom. The molecular weight excluding hydrogens is 238 g/mol. The van der Waals surface area contributed by atoms with Crippen LogP contribution in [0, 0.1) is 10.1 Å². The molecule has 1 heterocycles. The summed E-state index contributed by atoms with van der Waals surface area (Å²) in [5.74, 6) is -0.0858. The molecule has 0 aliphatic heterocycles. The van der Waals surface area contributed by atoms with E-state index in [4.69, 9.17) is 0 Å². The van der Waals surface area contributed by atoms with Crippen LogP contribution in [-0.4, -0.2) is 25.6 Å². The van der Waals surface area contributed by atoms with Crippen molar-refractivity contribution in [3.05, 3.63) is 40.7 Å². The molecule has 1 aromatic carbocycles. The van der Waals surface area contributed by atoms with Gasteiger partial charge in [-0.1, -0.05) is 0 Å². The maximum absolute atomic E-state index is 10.8. The molecule has 1 N–H and O–H groups in total. The minimum Gasteiger partial charge on any atom is -0.293 e. The molecule has 0 unspecified atom stereocenters. The Labute approximate surface area is 101 Å². The summed E-state index contributed by atoms with van der Waals surface area (Å²) in [6.07, 6.45) is 1.41. The van der Waals surface area contributed by atoms with E-state index in [1.807, 2.05) is 0 Å². The average molecular weight is 247 g/mol. The second kappa shape index (κ2) is 4.62. The maximum atomic E-state index is 10.8. The van der Waals surface area contributed by atoms with Crippen molar-refractivity contribution in [2.45, 2.75) is 6.92 Å². The first-order valence-corrected chi connectivity index (χ1v) is 5.00. The number of amides is 1. The van der Waals surface area contributed by atoms with Gasteiger partial charge in [0.05, 0.1) is 10.6 Å². The number of aromatic nitrogens is 3. The fraction of sp³-hybridized carbons (Fsp3) is 0.100. The third-order valence-corrected chi connectivity index (χ3v) is 2.10. The van der Waals surface area contributed by atoms with Crippen molar-refractivity contribution in [3.63, 3.8) is 0 Å². The highest BCUT2D eigenvalue weighted by atomic mass is 16.6. The fourth-order valence-electron chi connectivity index (χ4n) is 1.33. The van der Waals surface area contributed by atoms with E-state index in [-0.39, 0.29) is 17.5 Å². The molecule has 0 aliphatic rings. The van der Waals surface area contributed by atoms with Crippen molar-refractivity contribution in [1.82, 2.24) is 14.8 Å². The third-order valence-electron chi connectivity index (χ3n) is 2.10. The maximum Gasteiger partial charge on any atom is 0.269 e. The Balaban J connectivity index is 2.23. The van der Waals surface area contributed by atoms with Gasteiger partial charge in [0.25, 0.3) is 5.69 Å². The first-order valence-electron chi connectivity index (χ1n) is 5.00. The monoisotopic (exact) mass is 247 g/mol. The lowest BCUT2D eigenvalue weighted by atomic mass is 10.3. The first kappa shape index (κ1) is 11.7. The largest absolute Gasteiger partial charge is 0.293 e. The number of nitro benzene ring substituents is 1. The lowest BCUT2D eigenvalue weighted by Crippen LogP contribution is -2.07. The topological polar surface area (TPSA) is 103 Å². The van der Waals surface area contributed by atoms with E-state index in [0.717, 1.165) is 0 Å². The predicted molar refractivity (Wildman–Crippen MR) is 62.3 cm³/mol. The summed E-state index contributed by atoms with van der Waals surface area (Å²) in [5, 5.41) is 16.9. The molecule has 0 bridgehead atoms. The van der Waals surface area contributed by atoms with E-state index in [2.05, 4.69) is 15.4 Å². The van der Waals surface area contributed by atoms with E-state index in [0.29, 0.717) is 5.69 Å². The van der Waals surface area contributed by atoms with Gasteiger partial charge in [0, 0.05) is 19.1 Å². The van der Waals surface area contributed by atoms with Gasteiger partial charge in [0.15, 0.2) is 0 Å². The van der Waals surface area contributed by atoms with Crippen molar-refractivity contribution in [1.29, 1.82) is 0 Å². The van der Waals surface area contributed by atoms with Crippen molar-refractivity contribution >= 4 is 17.5 Å². The van der Waals surface area contributed by atoms with Crippen molar-refractivity contribution in [2.24, 2.45) is 0 Å². The molecule has 2 aromatic rings. The number of nitro groups is 1. The van der Waals surface area contributed by atoms with Gasteiger partial charge >= 0.3 is 0 Å². The summed E-state index contributed by atoms with van der Waals surface area (Å²) in [7, 11) is 0. The molecule has 0 saturated heterocycles. The van der Waals surface area contributed by atoms with Crippen molar-refractivity contribution in [3.8, 4) is 5.69 Å². The van der Waals surface area contributed by atoms with Gasteiger partial charge < -0.3 is 0 Å². The smallest absolute Gasteiger partial charge is 0.269 e. The van der Waals surface area contributed by atoms with Gasteiger partial charge in [-0.25, -0.2) is 4.68 Å². The van der Waals surface area contributed by atoms with E-state index < -0.39 is 4.92 Å². The zero-order valence-electron chi connectivity index (χ0n) is 9.40. The van der Waals surface area contributed by atoms with Crippen LogP contribution < -0.4 is 5.32 Å². The minimum absolute atomic E-state index is 0.000879. The normalized spacial score (nSPS) is 10.1. The zero-order chi connectivity index (χ0) is 13.1. The summed E-state index contributed by atoms with van der Waals surface area (Å²) < 4.78 is 1.41. The summed E-state index contributed by atoms with van der Waals surface area (Å²) in [6, 6.07) is 5.83. The SMILES string of the molecule is CC(=O)Nc1ncn(-c2ccc([N+](=O)[O-])cc2)n1. The van der Waals surface area contributed by atoms with E-state index >= 15 is 0 Å². The molecular formula is C10H9N5O3. The van der Waals surface area contributed by atoms with Crippen LogP contribution in [0.2, 0.25) is 0 Å². The number of carbonyl (C=O) groups is 1. The van der Waals surface area contributed by atoms with Crippen LogP contribution >= 0.6 is 0 Å². The molecule has 0 radical (unpaired) electrons. The van der Waals surface area contributed by atoms with Crippen LogP contribution in [0.4, 0.5) is 11.6 Å². The molecule has 0 fully saturated rings. The number of benzene rings is 1. The molecule has 92 valence electrons. The quantitative estimate of drug-likeness (QED) is 0.646. The summed E-state index contributed by atoms with van der Waals surface area (Å²) in [5.41, 5.74) is 0.616. The van der Waals surface area contributed by atoms with Crippen LogP contribution in [0.25, 0.3) is 5.69 Å². The second-order valence-corrected chi connectivity index (χ2v) is 3.47. The van der Waals surface area contributed by atoms with Gasteiger partial charge in [0.1, 0.15) is 6.33 Å². The summed E-state index contributed by atoms with van der Waals surface area (Å²) in [6.45, 7) is 1.35. The van der Waals surface area contributed by atoms with Crippen LogP contribution in [0.3, 0.4) is 0 Å². The minimum atomic E-state index is -0.478. The Bertz CT molecular complexity index is 590. The number of rotatable bonds is 3. The number of hydrogen-bond donors (Lipinski definition) is 1. The van der Waals surface area contributed by atoms with Gasteiger partial charge in [-0.3, -0.25) is 20.2 Å². The predicted octanol–water partition coefficient (Wildman–Crippen LogP) is 1.13. The molecule has 1 aromatic heterocycles. The summed E-state index contributed by atoms with van der Waals surface area (Å²) >= 11 is 0. The van der Waals surface area contributed by atoms with Crippen LogP contribution in [0.5, 0.6) is 0 Å². The first-order chi connectivity index (χ1) is 8.56. The zero-order valence-corrected chi connectivity index (χ0v) is 9.40. The third kappa shape index (κ3) is 2.48. The Kier molecular flexibility index (Phi) is 3.00. The highest BCUT2D eigenvalue weighted by Gasteiger charge is 2.07. The molecule has 18 heavy (non-hydrogen) atoms. The number of carbonyl (C=O) groups excluding carboxylic acids is 1. The highest BCUT2D eigenvalue weighted by Crippen LogP contribution is 2.14. The van der Waals surface area contributed by atoms with E-state index in [1.165, 1.54) is 30.1 Å². The Morgan fingerprint density at radius 1 is 1.39 bits per heavy atom. The van der Waals surface area contributed by atoms with Gasteiger partial charge in [-0.2, -0.15) is 4.98 Å². The molecule has 0 aliphatic carbocycles. The summed E-state index contributed by atoms with van der Waals surface area (Å²) in [4.78, 5) is 24.7. The average Bonchev–Trinajstić information content (AvgIpc) is 2.76. The van der Waals surface area contributed by atoms with E-state index in [1.54, 1.807) is 12.1 Å². The van der Waals surface area contributed by atoms with E-state index in [9.17, 15) is 14.9 Å². The molecule has 1 amide bonds. The van der Waals surface area contributed by atoms with Gasteiger partial charge in [0.2, 0.25) is 11.9 Å². The number of nitrogens with zero attached hydrogens (tertiary/aromatic N) is 4. The molecule has 0 atom stereocenters. The van der Waals surface area contributed by atoms with Gasteiger partial charge in [-0.15, -0.1) is 5.10 Å². The van der Waals surface area contributed by atoms with Crippen molar-refractivity contribution in [2.75, 3.05) is 5.32 Å². The highest BCUT2D eigenvalue weighted by molar-refractivity contribution is 5.86. The Hall–Kier alpha value is -2.77. The lowest BCUT2D eigenvalue weighted by Gasteiger charge is -1.99. The number of anilines is 1. The molecule has 2 rings (SSSR count). The van der Waals surface area contributed by atoms with Crippen LogP contribution in [-0.2, 0) is 4.79 Å². The number of nitrogens with one attached hydrogen (secondary N) is 1. The molecule has 8 heteroatoms. The van der Waals surface area contributed by atoms with Crippen LogP contribution in [0.15, 0.2) is 30.6 Å². The lowest BCUT2D eigenvalue weighted by molar-refractivity contribution is -0.384. The standard InChI is InChI=1S/C10H9N5O3/c1-7(16)12-10-11-6-14(13-10)8-2-4-9(5-3-8)15(17)18/h2-6H,1H3,(H,12,13,16). The second-order valence-electron chi connectivity index (χ2n) is 3.47. The fourth-order valence-corrected chi connectivity index (χ4v) is 1.33. The molecule has 0 spiro atoms.